The van der Waals surface area contributed by atoms with Crippen molar-refractivity contribution < 1.29 is 4.79 Å². The minimum Gasteiger partial charge on any atom is -0.289 e. The van der Waals surface area contributed by atoms with Gasteiger partial charge in [0.05, 0.1) is 23.0 Å². The average molecular weight is 457 g/mol. The lowest BCUT2D eigenvalue weighted by Crippen LogP contribution is -2.29. The van der Waals surface area contributed by atoms with E-state index in [2.05, 4.69) is 15.5 Å². The Labute approximate surface area is 185 Å². The standard InChI is InChI=1S/C21H14Cl2N4O2S/c22-15-7-6-14(17(23)8-15)10-25-26-19(28)11-27-12-24-20-16(21(27)29)9-18(30-20)13-4-2-1-3-5-13/h1-10,12H,11H2,(H,26,28)/b25-10-. The fourth-order valence-corrected chi connectivity index (χ4v) is 4.24. The van der Waals surface area contributed by atoms with E-state index < -0.39 is 5.91 Å². The fraction of sp³-hybridized carbons (Fsp3) is 0.0476. The van der Waals surface area contributed by atoms with E-state index in [4.69, 9.17) is 23.2 Å². The minimum atomic E-state index is -0.460. The Bertz CT molecular complexity index is 1320. The van der Waals surface area contributed by atoms with Gasteiger partial charge in [0, 0.05) is 15.5 Å². The minimum absolute atomic E-state index is 0.204. The lowest BCUT2D eigenvalue weighted by molar-refractivity contribution is -0.121. The molecule has 6 nitrogen and oxygen atoms in total. The number of carbonyl (C=O) groups excluding carboxylic acids is 1. The molecule has 0 saturated heterocycles. The summed E-state index contributed by atoms with van der Waals surface area (Å²) in [5.74, 6) is -0.460. The lowest BCUT2D eigenvalue weighted by Gasteiger charge is -2.04. The predicted molar refractivity (Wildman–Crippen MR) is 122 cm³/mol. The number of rotatable bonds is 5. The topological polar surface area (TPSA) is 76.3 Å². The molecule has 1 N–H and O–H groups in total. The Morgan fingerprint density at radius 2 is 1.97 bits per heavy atom. The molecule has 9 heteroatoms. The second-order valence-electron chi connectivity index (χ2n) is 6.33. The van der Waals surface area contributed by atoms with E-state index >= 15 is 0 Å². The molecule has 0 fully saturated rings. The first kappa shape index (κ1) is 20.3. The highest BCUT2D eigenvalue weighted by atomic mass is 35.5. The van der Waals surface area contributed by atoms with Crippen LogP contribution in [0.5, 0.6) is 0 Å². The molecule has 0 radical (unpaired) electrons. The summed E-state index contributed by atoms with van der Waals surface area (Å²) in [6.07, 6.45) is 2.78. The van der Waals surface area contributed by atoms with Crippen molar-refractivity contribution in [2.45, 2.75) is 6.54 Å². The molecule has 0 aliphatic rings. The van der Waals surface area contributed by atoms with Gasteiger partial charge in [-0.1, -0.05) is 59.6 Å². The maximum atomic E-state index is 12.8. The van der Waals surface area contributed by atoms with E-state index in [9.17, 15) is 9.59 Å². The zero-order valence-corrected chi connectivity index (χ0v) is 17.7. The smallest absolute Gasteiger partial charge is 0.262 e. The van der Waals surface area contributed by atoms with E-state index in [1.165, 1.54) is 28.4 Å². The number of aromatic nitrogens is 2. The van der Waals surface area contributed by atoms with Crippen LogP contribution in [0.1, 0.15) is 5.56 Å². The molecule has 2 heterocycles. The molecule has 0 bridgehead atoms. The van der Waals surface area contributed by atoms with Crippen LogP contribution >= 0.6 is 34.5 Å². The number of benzene rings is 2. The van der Waals surface area contributed by atoms with E-state index in [0.29, 0.717) is 25.8 Å². The second-order valence-corrected chi connectivity index (χ2v) is 8.21. The maximum absolute atomic E-state index is 12.8. The average Bonchev–Trinajstić information content (AvgIpc) is 3.18. The van der Waals surface area contributed by atoms with Crippen molar-refractivity contribution >= 4 is 56.9 Å². The van der Waals surface area contributed by atoms with E-state index in [1.54, 1.807) is 24.3 Å². The molecule has 150 valence electrons. The molecular formula is C21H14Cl2N4O2S. The normalized spacial score (nSPS) is 11.3. The van der Waals surface area contributed by atoms with Gasteiger partial charge in [0.2, 0.25) is 0 Å². The summed E-state index contributed by atoms with van der Waals surface area (Å²) in [7, 11) is 0. The van der Waals surface area contributed by atoms with Crippen LogP contribution in [0.4, 0.5) is 0 Å². The molecule has 4 aromatic rings. The van der Waals surface area contributed by atoms with Gasteiger partial charge in [0.25, 0.3) is 11.5 Å². The number of halogens is 2. The SMILES string of the molecule is O=C(Cn1cnc2sc(-c3ccccc3)cc2c1=O)N/N=C\c1ccc(Cl)cc1Cl. The van der Waals surface area contributed by atoms with E-state index in [1.807, 2.05) is 30.3 Å². The van der Waals surface area contributed by atoms with E-state index in [0.717, 1.165) is 10.4 Å². The van der Waals surface area contributed by atoms with Crippen molar-refractivity contribution in [2.75, 3.05) is 0 Å². The fourth-order valence-electron chi connectivity index (χ4n) is 2.79. The molecule has 1 amide bonds. The monoisotopic (exact) mass is 456 g/mol. The largest absolute Gasteiger partial charge is 0.289 e. The lowest BCUT2D eigenvalue weighted by atomic mass is 10.2. The van der Waals surface area contributed by atoms with Crippen molar-refractivity contribution in [2.24, 2.45) is 5.10 Å². The molecule has 0 atom stereocenters. The molecule has 0 unspecified atom stereocenters. The highest BCUT2D eigenvalue weighted by Crippen LogP contribution is 2.30. The molecule has 0 spiro atoms. The number of fused-ring (bicyclic) bond motifs is 1. The Morgan fingerprint density at radius 3 is 2.73 bits per heavy atom. The summed E-state index contributed by atoms with van der Waals surface area (Å²) in [4.78, 5) is 30.9. The summed E-state index contributed by atoms with van der Waals surface area (Å²) in [5.41, 5.74) is 3.72. The van der Waals surface area contributed by atoms with Gasteiger partial charge in [-0.15, -0.1) is 11.3 Å². The van der Waals surface area contributed by atoms with Gasteiger partial charge in [-0.25, -0.2) is 10.4 Å². The van der Waals surface area contributed by atoms with Gasteiger partial charge >= 0.3 is 0 Å². The Hall–Kier alpha value is -3.00. The van der Waals surface area contributed by atoms with Crippen molar-refractivity contribution in [3.63, 3.8) is 0 Å². The van der Waals surface area contributed by atoms with Crippen molar-refractivity contribution in [3.8, 4) is 10.4 Å². The Kier molecular flexibility index (Phi) is 5.94. The zero-order valence-electron chi connectivity index (χ0n) is 15.4. The first-order valence-corrected chi connectivity index (χ1v) is 10.4. The van der Waals surface area contributed by atoms with Crippen LogP contribution in [-0.2, 0) is 11.3 Å². The van der Waals surface area contributed by atoms with Crippen LogP contribution in [0.25, 0.3) is 20.7 Å². The first-order chi connectivity index (χ1) is 14.5. The molecule has 2 aromatic carbocycles. The molecule has 0 aliphatic carbocycles. The van der Waals surface area contributed by atoms with Gasteiger partial charge in [-0.3, -0.25) is 14.2 Å². The third-order valence-electron chi connectivity index (χ3n) is 4.25. The quantitative estimate of drug-likeness (QED) is 0.352. The molecule has 2 aromatic heterocycles. The number of nitrogens with one attached hydrogen (secondary N) is 1. The number of nitrogens with zero attached hydrogens (tertiary/aromatic N) is 3. The van der Waals surface area contributed by atoms with Crippen LogP contribution in [0.15, 0.2) is 70.8 Å². The number of thiophene rings is 1. The van der Waals surface area contributed by atoms with Crippen molar-refractivity contribution in [3.05, 3.63) is 86.9 Å². The summed E-state index contributed by atoms with van der Waals surface area (Å²) in [6.45, 7) is -0.204. The van der Waals surface area contributed by atoms with E-state index in [-0.39, 0.29) is 12.1 Å². The third kappa shape index (κ3) is 4.43. The number of hydrogen-bond donors (Lipinski definition) is 1. The van der Waals surface area contributed by atoms with Crippen LogP contribution in [0.3, 0.4) is 0 Å². The van der Waals surface area contributed by atoms with Gasteiger partial charge in [-0.2, -0.15) is 5.10 Å². The van der Waals surface area contributed by atoms with Gasteiger partial charge in [0.1, 0.15) is 11.4 Å². The molecular weight excluding hydrogens is 443 g/mol. The highest BCUT2D eigenvalue weighted by Gasteiger charge is 2.12. The zero-order chi connectivity index (χ0) is 21.1. The number of amides is 1. The molecule has 0 saturated carbocycles. The highest BCUT2D eigenvalue weighted by molar-refractivity contribution is 7.21. The first-order valence-electron chi connectivity index (χ1n) is 8.82. The number of hydrazone groups is 1. The van der Waals surface area contributed by atoms with Crippen LogP contribution in [-0.4, -0.2) is 21.7 Å². The maximum Gasteiger partial charge on any atom is 0.262 e. The molecule has 30 heavy (non-hydrogen) atoms. The van der Waals surface area contributed by atoms with Crippen molar-refractivity contribution in [1.82, 2.24) is 15.0 Å². The third-order valence-corrected chi connectivity index (χ3v) is 5.90. The van der Waals surface area contributed by atoms with Crippen molar-refractivity contribution in [1.29, 1.82) is 0 Å². The summed E-state index contributed by atoms with van der Waals surface area (Å²) >= 11 is 13.3. The van der Waals surface area contributed by atoms with Gasteiger partial charge < -0.3 is 0 Å². The Morgan fingerprint density at radius 1 is 1.17 bits per heavy atom. The van der Waals surface area contributed by atoms with Gasteiger partial charge in [-0.05, 0) is 23.8 Å². The summed E-state index contributed by atoms with van der Waals surface area (Å²) < 4.78 is 1.25. The summed E-state index contributed by atoms with van der Waals surface area (Å²) in [5, 5.41) is 5.28. The predicted octanol–water partition coefficient (Wildman–Crippen LogP) is 4.58. The summed E-state index contributed by atoms with van der Waals surface area (Å²) in [6, 6.07) is 16.5. The molecule has 0 aliphatic heterocycles. The number of carbonyl (C=O) groups is 1. The van der Waals surface area contributed by atoms with Crippen LogP contribution in [0.2, 0.25) is 10.0 Å². The second kappa shape index (κ2) is 8.79. The van der Waals surface area contributed by atoms with Crippen LogP contribution < -0.4 is 11.0 Å². The molecule has 4 rings (SSSR count). The van der Waals surface area contributed by atoms with Gasteiger partial charge in [0.15, 0.2) is 0 Å². The Balaban J connectivity index is 1.49. The number of hydrogen-bond acceptors (Lipinski definition) is 5. The van der Waals surface area contributed by atoms with Crippen LogP contribution in [0, 0.1) is 0 Å².